The molecule has 156 valence electrons. The van der Waals surface area contributed by atoms with Gasteiger partial charge in [0.1, 0.15) is 16.5 Å². The molecule has 2 aromatic carbocycles. The van der Waals surface area contributed by atoms with Gasteiger partial charge in [-0.05, 0) is 62.2 Å². The second kappa shape index (κ2) is 8.56. The Bertz CT molecular complexity index is 1020. The first-order chi connectivity index (χ1) is 13.7. The molecular formula is C20H22F2N2O4S. The summed E-state index contributed by atoms with van der Waals surface area (Å²) in [4.78, 5) is 11.9. The number of carbonyl (C=O) groups excluding carboxylic acids is 1. The molecule has 2 unspecified atom stereocenters. The maximum absolute atomic E-state index is 14.3. The van der Waals surface area contributed by atoms with E-state index >= 15 is 0 Å². The van der Waals surface area contributed by atoms with E-state index in [1.807, 2.05) is 0 Å². The van der Waals surface area contributed by atoms with E-state index in [0.29, 0.717) is 30.9 Å². The molecule has 0 saturated carbocycles. The predicted molar refractivity (Wildman–Crippen MR) is 104 cm³/mol. The zero-order chi connectivity index (χ0) is 21.2. The summed E-state index contributed by atoms with van der Waals surface area (Å²) < 4.78 is 60.7. The van der Waals surface area contributed by atoms with Gasteiger partial charge in [-0.2, -0.15) is 0 Å². The van der Waals surface area contributed by atoms with E-state index in [2.05, 4.69) is 10.0 Å². The number of benzene rings is 2. The van der Waals surface area contributed by atoms with Crippen LogP contribution in [-0.4, -0.2) is 33.6 Å². The Kier molecular flexibility index (Phi) is 6.30. The maximum Gasteiger partial charge on any atom is 0.255 e. The Balaban J connectivity index is 1.80. The fraction of sp³-hybridized carbons (Fsp3) is 0.350. The summed E-state index contributed by atoms with van der Waals surface area (Å²) in [6.45, 7) is 4.24. The van der Waals surface area contributed by atoms with Crippen LogP contribution in [0.3, 0.4) is 0 Å². The average molecular weight is 424 g/mol. The number of carbonyl (C=O) groups is 1. The van der Waals surface area contributed by atoms with Crippen molar-refractivity contribution >= 4 is 21.6 Å². The molecule has 2 atom stereocenters. The molecule has 0 spiro atoms. The highest BCUT2D eigenvalue weighted by molar-refractivity contribution is 7.89. The van der Waals surface area contributed by atoms with Crippen molar-refractivity contribution < 1.29 is 26.7 Å². The number of anilines is 1. The molecule has 0 aliphatic carbocycles. The van der Waals surface area contributed by atoms with Gasteiger partial charge in [0.2, 0.25) is 10.0 Å². The molecule has 0 bridgehead atoms. The van der Waals surface area contributed by atoms with E-state index in [0.717, 1.165) is 12.1 Å². The second-order valence-corrected chi connectivity index (χ2v) is 8.78. The lowest BCUT2D eigenvalue weighted by Crippen LogP contribution is -2.38. The van der Waals surface area contributed by atoms with Crippen LogP contribution in [0.4, 0.5) is 14.5 Å². The minimum Gasteiger partial charge on any atom is -0.381 e. The predicted octanol–water partition coefficient (Wildman–Crippen LogP) is 3.23. The summed E-state index contributed by atoms with van der Waals surface area (Å²) in [5.74, 6) is -2.00. The van der Waals surface area contributed by atoms with Crippen molar-refractivity contribution in [3.05, 3.63) is 59.2 Å². The average Bonchev–Trinajstić information content (AvgIpc) is 3.19. The third-order valence-corrected chi connectivity index (χ3v) is 6.49. The molecule has 1 aliphatic heterocycles. The van der Waals surface area contributed by atoms with Crippen LogP contribution in [0.25, 0.3) is 0 Å². The van der Waals surface area contributed by atoms with E-state index in [-0.39, 0.29) is 11.5 Å². The van der Waals surface area contributed by atoms with Crippen LogP contribution in [0.5, 0.6) is 0 Å². The van der Waals surface area contributed by atoms with Crippen molar-refractivity contribution in [2.45, 2.75) is 31.2 Å². The third kappa shape index (κ3) is 4.98. The fourth-order valence-corrected chi connectivity index (χ4v) is 4.54. The number of ether oxygens (including phenoxy) is 1. The maximum atomic E-state index is 14.3. The number of hydrogen-bond acceptors (Lipinski definition) is 4. The molecule has 6 nitrogen and oxygen atoms in total. The molecule has 9 heteroatoms. The Labute approximate surface area is 168 Å². The van der Waals surface area contributed by atoms with E-state index in [1.54, 1.807) is 13.8 Å². The Hall–Kier alpha value is -2.36. The van der Waals surface area contributed by atoms with Crippen molar-refractivity contribution in [3.63, 3.8) is 0 Å². The van der Waals surface area contributed by atoms with Crippen LogP contribution in [0.1, 0.15) is 29.3 Å². The number of aryl methyl sites for hydroxylation is 1. The molecule has 3 rings (SSSR count). The minimum atomic E-state index is -4.18. The number of hydrogen-bond donors (Lipinski definition) is 2. The van der Waals surface area contributed by atoms with E-state index < -0.39 is 38.5 Å². The number of halogens is 2. The van der Waals surface area contributed by atoms with Crippen LogP contribution < -0.4 is 10.0 Å². The number of sulfonamides is 1. The van der Waals surface area contributed by atoms with E-state index in [4.69, 9.17) is 4.74 Å². The first kappa shape index (κ1) is 21.4. The van der Waals surface area contributed by atoms with Crippen LogP contribution in [-0.2, 0) is 14.8 Å². The van der Waals surface area contributed by atoms with Crippen LogP contribution in [0.2, 0.25) is 0 Å². The highest BCUT2D eigenvalue weighted by atomic mass is 32.2. The standard InChI is InChI=1S/C20H22F2N2O4S/c1-12-9-16(4-6-17(12)21)23-20(25)14-3-5-18(22)19(10-14)29(26,27)24-13(2)15-7-8-28-11-15/h3-6,9-10,13,15,24H,7-8,11H2,1-2H3,(H,23,25). The van der Waals surface area contributed by atoms with Gasteiger partial charge >= 0.3 is 0 Å². The van der Waals surface area contributed by atoms with Crippen molar-refractivity contribution in [1.82, 2.24) is 4.72 Å². The second-order valence-electron chi connectivity index (χ2n) is 7.10. The lowest BCUT2D eigenvalue weighted by atomic mass is 10.0. The highest BCUT2D eigenvalue weighted by Crippen LogP contribution is 2.22. The Morgan fingerprint density at radius 3 is 2.55 bits per heavy atom. The molecule has 1 aliphatic rings. The normalized spacial score (nSPS) is 17.9. The number of amides is 1. The van der Waals surface area contributed by atoms with Gasteiger partial charge in [0.25, 0.3) is 5.91 Å². The van der Waals surface area contributed by atoms with Gasteiger partial charge in [-0.1, -0.05) is 0 Å². The van der Waals surface area contributed by atoms with Crippen LogP contribution in [0, 0.1) is 24.5 Å². The molecule has 29 heavy (non-hydrogen) atoms. The van der Waals surface area contributed by atoms with Crippen molar-refractivity contribution in [2.75, 3.05) is 18.5 Å². The summed E-state index contributed by atoms with van der Waals surface area (Å²) in [5.41, 5.74) is 0.653. The zero-order valence-corrected chi connectivity index (χ0v) is 16.9. The molecule has 2 aromatic rings. The first-order valence-corrected chi connectivity index (χ1v) is 10.6. The largest absolute Gasteiger partial charge is 0.381 e. The van der Waals surface area contributed by atoms with Gasteiger partial charge in [0, 0.05) is 29.8 Å². The summed E-state index contributed by atoms with van der Waals surface area (Å²) in [5, 5.41) is 2.55. The SMILES string of the molecule is Cc1cc(NC(=O)c2ccc(F)c(S(=O)(=O)NC(C)C3CCOC3)c2)ccc1F. The molecule has 1 saturated heterocycles. The molecule has 1 fully saturated rings. The summed E-state index contributed by atoms with van der Waals surface area (Å²) >= 11 is 0. The molecule has 1 heterocycles. The Morgan fingerprint density at radius 2 is 1.90 bits per heavy atom. The molecule has 0 aromatic heterocycles. The summed E-state index contributed by atoms with van der Waals surface area (Å²) in [7, 11) is -4.18. The van der Waals surface area contributed by atoms with E-state index in [1.165, 1.54) is 24.3 Å². The van der Waals surface area contributed by atoms with Gasteiger partial charge in [-0.3, -0.25) is 4.79 Å². The van der Waals surface area contributed by atoms with Crippen LogP contribution in [0.15, 0.2) is 41.3 Å². The fourth-order valence-electron chi connectivity index (χ4n) is 3.13. The topological polar surface area (TPSA) is 84.5 Å². The lowest BCUT2D eigenvalue weighted by molar-refractivity contribution is 0.102. The third-order valence-electron chi connectivity index (χ3n) is 4.91. The van der Waals surface area contributed by atoms with Gasteiger partial charge in [0.15, 0.2) is 0 Å². The monoisotopic (exact) mass is 424 g/mol. The number of rotatable bonds is 6. The van der Waals surface area contributed by atoms with Crippen molar-refractivity contribution in [3.8, 4) is 0 Å². The van der Waals surface area contributed by atoms with Crippen molar-refractivity contribution in [2.24, 2.45) is 5.92 Å². The van der Waals surface area contributed by atoms with E-state index in [9.17, 15) is 22.0 Å². The first-order valence-electron chi connectivity index (χ1n) is 9.14. The molecular weight excluding hydrogens is 402 g/mol. The summed E-state index contributed by atoms with van der Waals surface area (Å²) in [6, 6.07) is 6.71. The van der Waals surface area contributed by atoms with Gasteiger partial charge in [-0.15, -0.1) is 0 Å². The highest BCUT2D eigenvalue weighted by Gasteiger charge is 2.29. The quantitative estimate of drug-likeness (QED) is 0.746. The lowest BCUT2D eigenvalue weighted by Gasteiger charge is -2.19. The van der Waals surface area contributed by atoms with Crippen molar-refractivity contribution in [1.29, 1.82) is 0 Å². The van der Waals surface area contributed by atoms with Gasteiger partial charge in [0.05, 0.1) is 6.61 Å². The minimum absolute atomic E-state index is 0.000957. The molecule has 2 N–H and O–H groups in total. The van der Waals surface area contributed by atoms with Crippen LogP contribution >= 0.6 is 0 Å². The Morgan fingerprint density at radius 1 is 1.17 bits per heavy atom. The molecule has 1 amide bonds. The van der Waals surface area contributed by atoms with Gasteiger partial charge < -0.3 is 10.1 Å². The summed E-state index contributed by atoms with van der Waals surface area (Å²) in [6.07, 6.45) is 0.714. The van der Waals surface area contributed by atoms with Gasteiger partial charge in [-0.25, -0.2) is 21.9 Å². The number of nitrogens with one attached hydrogen (secondary N) is 2. The smallest absolute Gasteiger partial charge is 0.255 e. The molecule has 0 radical (unpaired) electrons. The zero-order valence-electron chi connectivity index (χ0n) is 16.0.